The summed E-state index contributed by atoms with van der Waals surface area (Å²) < 4.78 is 69.1. The number of pyridine rings is 1. The van der Waals surface area contributed by atoms with Crippen molar-refractivity contribution in [2.45, 2.75) is 18.6 Å². The van der Waals surface area contributed by atoms with E-state index in [4.69, 9.17) is 11.6 Å². The number of carbonyl (C=O) groups is 2. The zero-order chi connectivity index (χ0) is 30.9. The van der Waals surface area contributed by atoms with Crippen LogP contribution in [0.1, 0.15) is 38.7 Å². The highest BCUT2D eigenvalue weighted by Crippen LogP contribution is 2.50. The quantitative estimate of drug-likeness (QED) is 0.180. The summed E-state index contributed by atoms with van der Waals surface area (Å²) in [5, 5.41) is 6.37. The largest absolute Gasteiger partial charge is 0.416 e. The van der Waals surface area contributed by atoms with Gasteiger partial charge in [0, 0.05) is 57.3 Å². The molecule has 0 fully saturated rings. The van der Waals surface area contributed by atoms with Crippen LogP contribution < -0.4 is 15.5 Å². The Kier molecular flexibility index (Phi) is 6.36. The normalized spacial score (nSPS) is 15.8. The van der Waals surface area contributed by atoms with Gasteiger partial charge >= 0.3 is 12.2 Å². The third kappa shape index (κ3) is 4.53. The molecule has 44 heavy (non-hydrogen) atoms. The van der Waals surface area contributed by atoms with Gasteiger partial charge in [-0.3, -0.25) is 9.69 Å². The van der Waals surface area contributed by atoms with Crippen LogP contribution in [0, 0.1) is 11.6 Å². The number of aromatic nitrogens is 2. The number of anilines is 2. The molecule has 3 N–H and O–H groups in total. The molecule has 13 heteroatoms. The number of aromatic amines is 1. The molecule has 0 spiro atoms. The lowest BCUT2D eigenvalue weighted by Gasteiger charge is -2.35. The van der Waals surface area contributed by atoms with Crippen LogP contribution in [0.3, 0.4) is 0 Å². The monoisotopic (exact) mass is 623 g/mol. The number of carbonyl (C=O) groups excluding carboxylic acids is 2. The Bertz CT molecular complexity index is 2030. The molecule has 1 unspecified atom stereocenters. The number of alkyl halides is 3. The molecule has 1 atom stereocenters. The van der Waals surface area contributed by atoms with Crippen LogP contribution in [0.4, 0.5) is 38.1 Å². The minimum Gasteiger partial charge on any atom is -0.346 e. The van der Waals surface area contributed by atoms with E-state index < -0.39 is 46.9 Å². The standard InChI is InChI=1S/C31H19ClF5N5O2/c32-23-4-3-16(33)11-21(23)26-25-24(40-29(43)14-8-15(31(35,36)37)10-17(34)9-14)12-20(18-5-7-42(27(18)25)30(44)41-26)22-13-39-28-19(22)2-1-6-38-28/h1-4,6,8-13,26H,5,7H2,(H,38,39)(H,40,43)(H,41,44). The van der Waals surface area contributed by atoms with Crippen molar-refractivity contribution in [1.82, 2.24) is 15.3 Å². The van der Waals surface area contributed by atoms with Gasteiger partial charge in [0.25, 0.3) is 5.91 Å². The Morgan fingerprint density at radius 2 is 1.86 bits per heavy atom. The van der Waals surface area contributed by atoms with Crippen molar-refractivity contribution in [2.24, 2.45) is 0 Å². The fourth-order valence-corrected chi connectivity index (χ4v) is 6.19. The summed E-state index contributed by atoms with van der Waals surface area (Å²) in [6.45, 7) is 0.293. The second-order valence-corrected chi connectivity index (χ2v) is 10.9. The van der Waals surface area contributed by atoms with E-state index >= 15 is 0 Å². The lowest BCUT2D eigenvalue weighted by molar-refractivity contribution is -0.137. The van der Waals surface area contributed by atoms with Crippen LogP contribution in [0.25, 0.3) is 22.2 Å². The Balaban J connectivity index is 1.46. The summed E-state index contributed by atoms with van der Waals surface area (Å²) in [4.78, 5) is 35.8. The maximum Gasteiger partial charge on any atom is 0.416 e. The van der Waals surface area contributed by atoms with Crippen LogP contribution in [0.5, 0.6) is 0 Å². The van der Waals surface area contributed by atoms with Gasteiger partial charge in [0.05, 0.1) is 17.3 Å². The summed E-state index contributed by atoms with van der Waals surface area (Å²) in [5.41, 5.74) is 1.93. The maximum absolute atomic E-state index is 14.5. The molecule has 2 aliphatic rings. The predicted molar refractivity (Wildman–Crippen MR) is 154 cm³/mol. The van der Waals surface area contributed by atoms with Crippen molar-refractivity contribution >= 4 is 45.9 Å². The molecule has 7 nitrogen and oxygen atoms in total. The van der Waals surface area contributed by atoms with Gasteiger partial charge in [-0.05, 0) is 72.1 Å². The number of amides is 3. The van der Waals surface area contributed by atoms with Gasteiger partial charge in [0.2, 0.25) is 0 Å². The first-order chi connectivity index (χ1) is 21.0. The number of nitrogens with zero attached hydrogens (tertiary/aromatic N) is 2. The van der Waals surface area contributed by atoms with E-state index in [-0.39, 0.29) is 16.3 Å². The van der Waals surface area contributed by atoms with Crippen molar-refractivity contribution < 1.29 is 31.5 Å². The second-order valence-electron chi connectivity index (χ2n) is 10.4. The molecule has 7 rings (SSSR count). The summed E-state index contributed by atoms with van der Waals surface area (Å²) in [6, 6.07) is 8.94. The molecule has 0 aliphatic carbocycles. The van der Waals surface area contributed by atoms with Gasteiger partial charge in [-0.2, -0.15) is 13.2 Å². The molecular weight excluding hydrogens is 605 g/mol. The van der Waals surface area contributed by atoms with Gasteiger partial charge in [-0.25, -0.2) is 18.6 Å². The zero-order valence-electron chi connectivity index (χ0n) is 22.3. The van der Waals surface area contributed by atoms with E-state index in [9.17, 15) is 31.5 Å². The topological polar surface area (TPSA) is 90.1 Å². The summed E-state index contributed by atoms with van der Waals surface area (Å²) in [7, 11) is 0. The molecule has 0 saturated carbocycles. The highest BCUT2D eigenvalue weighted by atomic mass is 35.5. The lowest BCUT2D eigenvalue weighted by Crippen LogP contribution is -2.46. The Morgan fingerprint density at radius 3 is 2.66 bits per heavy atom. The first kappa shape index (κ1) is 27.8. The molecule has 2 aliphatic heterocycles. The van der Waals surface area contributed by atoms with Gasteiger partial charge in [-0.1, -0.05) is 11.6 Å². The van der Waals surface area contributed by atoms with Crippen LogP contribution in [0.15, 0.2) is 67.0 Å². The average Bonchev–Trinajstić information content (AvgIpc) is 3.62. The molecule has 3 amide bonds. The molecular formula is C31H19ClF5N5O2. The third-order valence-corrected chi connectivity index (χ3v) is 8.19. The highest BCUT2D eigenvalue weighted by Gasteiger charge is 2.41. The summed E-state index contributed by atoms with van der Waals surface area (Å²) >= 11 is 6.47. The molecule has 0 bridgehead atoms. The molecule has 0 radical (unpaired) electrons. The van der Waals surface area contributed by atoms with E-state index in [1.54, 1.807) is 24.5 Å². The van der Waals surface area contributed by atoms with Crippen LogP contribution >= 0.6 is 11.6 Å². The number of hydrogen-bond donors (Lipinski definition) is 3. The van der Waals surface area contributed by atoms with Crippen molar-refractivity contribution in [2.75, 3.05) is 16.8 Å². The predicted octanol–water partition coefficient (Wildman–Crippen LogP) is 7.61. The van der Waals surface area contributed by atoms with Gasteiger partial charge in [0.15, 0.2) is 0 Å². The van der Waals surface area contributed by atoms with Gasteiger partial charge in [-0.15, -0.1) is 0 Å². The molecule has 4 heterocycles. The number of H-pyrrole nitrogens is 1. The summed E-state index contributed by atoms with van der Waals surface area (Å²) in [5.74, 6) is -2.89. The Labute approximate surface area is 250 Å². The van der Waals surface area contributed by atoms with Crippen molar-refractivity contribution in [3.63, 3.8) is 0 Å². The summed E-state index contributed by atoms with van der Waals surface area (Å²) in [6.07, 6.45) is -1.10. The number of nitrogens with one attached hydrogen (secondary N) is 3. The number of halogens is 6. The zero-order valence-corrected chi connectivity index (χ0v) is 23.1. The fraction of sp³-hybridized carbons (Fsp3) is 0.129. The Morgan fingerprint density at radius 1 is 1.05 bits per heavy atom. The minimum absolute atomic E-state index is 0.108. The number of fused-ring (bicyclic) bond motifs is 1. The molecule has 5 aromatic rings. The van der Waals surface area contributed by atoms with E-state index in [1.807, 2.05) is 6.07 Å². The third-order valence-electron chi connectivity index (χ3n) is 7.85. The van der Waals surface area contributed by atoms with E-state index in [1.165, 1.54) is 11.0 Å². The Hall–Kier alpha value is -4.97. The molecule has 222 valence electrons. The molecule has 3 aromatic carbocycles. The van der Waals surface area contributed by atoms with Crippen molar-refractivity contribution in [1.29, 1.82) is 0 Å². The number of urea groups is 1. The van der Waals surface area contributed by atoms with Crippen molar-refractivity contribution in [3.05, 3.63) is 111 Å². The first-order valence-corrected chi connectivity index (χ1v) is 13.7. The van der Waals surface area contributed by atoms with Gasteiger partial charge < -0.3 is 15.6 Å². The van der Waals surface area contributed by atoms with E-state index in [2.05, 4.69) is 20.6 Å². The fourth-order valence-electron chi connectivity index (χ4n) is 5.96. The molecule has 0 saturated heterocycles. The highest BCUT2D eigenvalue weighted by molar-refractivity contribution is 6.31. The first-order valence-electron chi connectivity index (χ1n) is 13.3. The van der Waals surface area contributed by atoms with Crippen LogP contribution in [-0.2, 0) is 12.6 Å². The molecule has 2 aromatic heterocycles. The lowest BCUT2D eigenvalue weighted by atomic mass is 9.87. The van der Waals surface area contributed by atoms with E-state index in [0.717, 1.165) is 23.1 Å². The van der Waals surface area contributed by atoms with Crippen molar-refractivity contribution in [3.8, 4) is 11.1 Å². The number of rotatable bonds is 4. The smallest absolute Gasteiger partial charge is 0.346 e. The van der Waals surface area contributed by atoms with Crippen LogP contribution in [0.2, 0.25) is 5.02 Å². The second kappa shape index (κ2) is 10.1. The van der Waals surface area contributed by atoms with Crippen LogP contribution in [-0.4, -0.2) is 28.5 Å². The SMILES string of the molecule is O=C(Nc1cc(-c2c[nH]c3ncccc23)c2c3c1C(c1cc(F)ccc1Cl)NC(=O)N3CC2)c1cc(F)cc(C(F)(F)F)c1. The number of benzene rings is 3. The maximum atomic E-state index is 14.5. The van der Waals surface area contributed by atoms with E-state index in [0.29, 0.717) is 59.2 Å². The van der Waals surface area contributed by atoms with Gasteiger partial charge in [0.1, 0.15) is 17.3 Å². The average molecular weight is 624 g/mol. The minimum atomic E-state index is -4.89. The number of hydrogen-bond acceptors (Lipinski definition) is 3.